The van der Waals surface area contributed by atoms with Gasteiger partial charge in [0.15, 0.2) is 0 Å². The highest BCUT2D eigenvalue weighted by Gasteiger charge is 2.31. The smallest absolute Gasteiger partial charge is 0.225 e. The van der Waals surface area contributed by atoms with E-state index in [-0.39, 0.29) is 6.04 Å². The predicted octanol–water partition coefficient (Wildman–Crippen LogP) is 5.10. The van der Waals surface area contributed by atoms with Crippen LogP contribution in [0.2, 0.25) is 0 Å². The molecule has 0 N–H and O–H groups in total. The van der Waals surface area contributed by atoms with Crippen molar-refractivity contribution in [3.63, 3.8) is 0 Å². The highest BCUT2D eigenvalue weighted by atomic mass is 16.5. The van der Waals surface area contributed by atoms with Gasteiger partial charge < -0.3 is 14.0 Å². The molecule has 8 heteroatoms. The summed E-state index contributed by atoms with van der Waals surface area (Å²) in [4.78, 5) is 9.58. The van der Waals surface area contributed by atoms with Crippen molar-refractivity contribution in [2.45, 2.75) is 32.7 Å². The molecule has 1 aromatic carbocycles. The number of aromatic nitrogens is 6. The van der Waals surface area contributed by atoms with Crippen molar-refractivity contribution < 1.29 is 9.47 Å². The van der Waals surface area contributed by atoms with Crippen LogP contribution in [0.1, 0.15) is 37.1 Å². The first kappa shape index (κ1) is 22.7. The second-order valence-corrected chi connectivity index (χ2v) is 9.36. The average Bonchev–Trinajstić information content (AvgIpc) is 3.42. The number of hydrogen-bond donors (Lipinski definition) is 0. The van der Waals surface area contributed by atoms with Gasteiger partial charge in [-0.25, -0.2) is 9.67 Å². The number of pyridine rings is 2. The maximum absolute atomic E-state index is 6.00. The molecule has 36 heavy (non-hydrogen) atoms. The number of rotatable bonds is 6. The van der Waals surface area contributed by atoms with Gasteiger partial charge in [-0.05, 0) is 50.3 Å². The molecule has 0 spiro atoms. The van der Waals surface area contributed by atoms with Crippen LogP contribution in [0, 0.1) is 12.8 Å². The molecule has 1 fully saturated rings. The van der Waals surface area contributed by atoms with Gasteiger partial charge in [-0.2, -0.15) is 0 Å². The Balaban J connectivity index is 1.69. The predicted molar refractivity (Wildman–Crippen MR) is 139 cm³/mol. The summed E-state index contributed by atoms with van der Waals surface area (Å²) in [6.45, 7) is 6.06. The molecular formula is C28H30N6O2. The molecular weight excluding hydrogens is 452 g/mol. The maximum atomic E-state index is 6.00. The fourth-order valence-corrected chi connectivity index (χ4v) is 5.66. The van der Waals surface area contributed by atoms with Crippen LogP contribution in [0.3, 0.4) is 0 Å². The van der Waals surface area contributed by atoms with Gasteiger partial charge >= 0.3 is 0 Å². The van der Waals surface area contributed by atoms with Gasteiger partial charge in [0.05, 0.1) is 40.5 Å². The fourth-order valence-electron chi connectivity index (χ4n) is 5.66. The van der Waals surface area contributed by atoms with Crippen LogP contribution >= 0.6 is 0 Å². The topological polar surface area (TPSA) is 79.9 Å². The Labute approximate surface area is 209 Å². The zero-order chi connectivity index (χ0) is 24.6. The molecule has 0 amide bonds. The Morgan fingerprint density at radius 3 is 2.61 bits per heavy atom. The molecule has 1 atom stereocenters. The average molecular weight is 483 g/mol. The standard InChI is InChI=1S/C28H30N6O2/c1-4-36-28-24-22(10-13-29-28)34(27(19-8-6-5-7-9-19)20-11-14-35-15-12-20)23-16-21(17-30-25(23)24)26-18(2)31-32-33(26)3/h5-10,13,16-17,20,27H,4,11-12,14-15H2,1-3H3/t27-/m1/s1. The summed E-state index contributed by atoms with van der Waals surface area (Å²) in [7, 11) is 1.92. The Hall–Kier alpha value is -3.78. The van der Waals surface area contributed by atoms with Crippen LogP contribution in [0.5, 0.6) is 5.88 Å². The van der Waals surface area contributed by atoms with Gasteiger partial charge in [-0.1, -0.05) is 35.5 Å². The number of hydrogen-bond acceptors (Lipinski definition) is 6. The molecule has 1 aliphatic rings. The van der Waals surface area contributed by atoms with Crippen LogP contribution in [-0.2, 0) is 11.8 Å². The summed E-state index contributed by atoms with van der Waals surface area (Å²) in [6.07, 6.45) is 5.75. The number of fused-ring (bicyclic) bond motifs is 3. The van der Waals surface area contributed by atoms with E-state index in [1.807, 2.05) is 38.0 Å². The van der Waals surface area contributed by atoms with E-state index in [1.165, 1.54) is 5.56 Å². The van der Waals surface area contributed by atoms with E-state index < -0.39 is 0 Å². The normalized spacial score (nSPS) is 15.5. The van der Waals surface area contributed by atoms with E-state index in [1.54, 1.807) is 0 Å². The number of ether oxygens (including phenoxy) is 2. The largest absolute Gasteiger partial charge is 0.477 e. The summed E-state index contributed by atoms with van der Waals surface area (Å²) in [5.41, 5.74) is 7.13. The van der Waals surface area contributed by atoms with Crippen molar-refractivity contribution in [2.75, 3.05) is 19.8 Å². The summed E-state index contributed by atoms with van der Waals surface area (Å²) >= 11 is 0. The Morgan fingerprint density at radius 2 is 1.89 bits per heavy atom. The highest BCUT2D eigenvalue weighted by molar-refractivity contribution is 6.09. The molecule has 184 valence electrons. The first-order chi connectivity index (χ1) is 17.7. The molecule has 6 rings (SSSR count). The molecule has 8 nitrogen and oxygen atoms in total. The third kappa shape index (κ3) is 3.73. The molecule has 1 aliphatic heterocycles. The molecule has 5 heterocycles. The minimum absolute atomic E-state index is 0.120. The molecule has 0 unspecified atom stereocenters. The molecule has 0 saturated carbocycles. The van der Waals surface area contributed by atoms with Crippen LogP contribution in [0.25, 0.3) is 33.2 Å². The summed E-state index contributed by atoms with van der Waals surface area (Å²) in [5, 5.41) is 9.44. The SMILES string of the molecule is CCOc1nccc2c1c1ncc(-c3c(C)nnn3C)cc1n2[C@H](c1ccccc1)C1CCOCC1. The van der Waals surface area contributed by atoms with Gasteiger partial charge in [-0.3, -0.25) is 4.98 Å². The van der Waals surface area contributed by atoms with Crippen LogP contribution in [0.4, 0.5) is 0 Å². The van der Waals surface area contributed by atoms with Gasteiger partial charge in [-0.15, -0.1) is 5.10 Å². The van der Waals surface area contributed by atoms with Crippen molar-refractivity contribution in [2.24, 2.45) is 13.0 Å². The Kier molecular flexibility index (Phi) is 5.89. The van der Waals surface area contributed by atoms with Crippen molar-refractivity contribution in [1.29, 1.82) is 0 Å². The molecule has 5 aromatic rings. The Bertz CT molecular complexity index is 1500. The third-order valence-corrected chi connectivity index (χ3v) is 7.20. The molecule has 0 bridgehead atoms. The minimum Gasteiger partial charge on any atom is -0.477 e. The summed E-state index contributed by atoms with van der Waals surface area (Å²) in [5.74, 6) is 1.04. The highest BCUT2D eigenvalue weighted by Crippen LogP contribution is 2.42. The van der Waals surface area contributed by atoms with E-state index >= 15 is 0 Å². The van der Waals surface area contributed by atoms with Gasteiger partial charge in [0, 0.05) is 38.2 Å². The lowest BCUT2D eigenvalue weighted by Gasteiger charge is -2.33. The van der Waals surface area contributed by atoms with Gasteiger partial charge in [0.25, 0.3) is 0 Å². The van der Waals surface area contributed by atoms with Crippen molar-refractivity contribution in [3.05, 3.63) is 66.1 Å². The maximum Gasteiger partial charge on any atom is 0.225 e. The first-order valence-electron chi connectivity index (χ1n) is 12.6. The van der Waals surface area contributed by atoms with Gasteiger partial charge in [0.2, 0.25) is 5.88 Å². The summed E-state index contributed by atoms with van der Waals surface area (Å²) in [6, 6.07) is 15.2. The first-order valence-corrected chi connectivity index (χ1v) is 12.6. The zero-order valence-corrected chi connectivity index (χ0v) is 20.9. The fraction of sp³-hybridized carbons (Fsp3) is 0.357. The molecule has 4 aromatic heterocycles. The second-order valence-electron chi connectivity index (χ2n) is 9.36. The van der Waals surface area contributed by atoms with Crippen LogP contribution in [0.15, 0.2) is 54.9 Å². The van der Waals surface area contributed by atoms with E-state index in [2.05, 4.69) is 62.3 Å². The van der Waals surface area contributed by atoms with Crippen LogP contribution < -0.4 is 4.74 Å². The molecule has 0 radical (unpaired) electrons. The van der Waals surface area contributed by atoms with Crippen molar-refractivity contribution in [1.82, 2.24) is 29.5 Å². The number of aryl methyl sites for hydroxylation is 2. The number of benzene rings is 1. The quantitative estimate of drug-likeness (QED) is 0.335. The summed E-state index contributed by atoms with van der Waals surface area (Å²) < 4.78 is 16.0. The van der Waals surface area contributed by atoms with Crippen LogP contribution in [-0.4, -0.2) is 49.3 Å². The molecule has 1 saturated heterocycles. The Morgan fingerprint density at radius 1 is 1.08 bits per heavy atom. The lowest BCUT2D eigenvalue weighted by Crippen LogP contribution is -2.26. The molecule has 0 aliphatic carbocycles. The van der Waals surface area contributed by atoms with Crippen molar-refractivity contribution in [3.8, 4) is 17.1 Å². The minimum atomic E-state index is 0.120. The monoisotopic (exact) mass is 482 g/mol. The van der Waals surface area contributed by atoms with E-state index in [4.69, 9.17) is 14.5 Å². The van der Waals surface area contributed by atoms with Crippen molar-refractivity contribution >= 4 is 21.9 Å². The number of nitrogens with zero attached hydrogens (tertiary/aromatic N) is 6. The second kappa shape index (κ2) is 9.35. The van der Waals surface area contributed by atoms with E-state index in [0.717, 1.165) is 64.9 Å². The zero-order valence-electron chi connectivity index (χ0n) is 20.9. The lowest BCUT2D eigenvalue weighted by atomic mass is 9.86. The van der Waals surface area contributed by atoms with Gasteiger partial charge in [0.1, 0.15) is 5.52 Å². The third-order valence-electron chi connectivity index (χ3n) is 7.20. The lowest BCUT2D eigenvalue weighted by molar-refractivity contribution is 0.0553. The van der Waals surface area contributed by atoms with E-state index in [0.29, 0.717) is 18.4 Å². The van der Waals surface area contributed by atoms with E-state index in [9.17, 15) is 0 Å².